The van der Waals surface area contributed by atoms with E-state index < -0.39 is 11.3 Å². The highest BCUT2D eigenvalue weighted by Crippen LogP contribution is 2.39. The standard InChI is InChI=1S/C20H23NO4/c1-20(19(21)22,15-8-6-5-7-9-15)11-10-14-12-16(23-2)18(25-4)17(13-14)24-3/h5-13H,1-4H3,(H2,21,22). The number of hydrogen-bond donors (Lipinski definition) is 1. The molecule has 0 fully saturated rings. The van der Waals surface area contributed by atoms with Gasteiger partial charge in [-0.3, -0.25) is 4.79 Å². The van der Waals surface area contributed by atoms with Crippen LogP contribution >= 0.6 is 0 Å². The molecule has 0 radical (unpaired) electrons. The lowest BCUT2D eigenvalue weighted by Crippen LogP contribution is -2.36. The smallest absolute Gasteiger partial charge is 0.231 e. The van der Waals surface area contributed by atoms with Crippen molar-refractivity contribution >= 4 is 12.0 Å². The van der Waals surface area contributed by atoms with Crippen molar-refractivity contribution in [3.8, 4) is 17.2 Å². The number of amides is 1. The number of carbonyl (C=O) groups is 1. The zero-order valence-corrected chi connectivity index (χ0v) is 14.9. The largest absolute Gasteiger partial charge is 0.493 e. The van der Waals surface area contributed by atoms with Crippen LogP contribution in [0.4, 0.5) is 0 Å². The van der Waals surface area contributed by atoms with Crippen molar-refractivity contribution in [2.24, 2.45) is 5.73 Å². The molecule has 5 heteroatoms. The van der Waals surface area contributed by atoms with E-state index >= 15 is 0 Å². The molecule has 2 aromatic carbocycles. The molecule has 0 saturated carbocycles. The van der Waals surface area contributed by atoms with E-state index in [1.807, 2.05) is 48.5 Å². The Bertz CT molecular complexity index is 746. The van der Waals surface area contributed by atoms with Crippen LogP contribution in [0.2, 0.25) is 0 Å². The SMILES string of the molecule is COc1cc(C=CC(C)(C(N)=O)c2ccccc2)cc(OC)c1OC. The number of hydrogen-bond acceptors (Lipinski definition) is 4. The quantitative estimate of drug-likeness (QED) is 0.840. The summed E-state index contributed by atoms with van der Waals surface area (Å²) in [7, 11) is 4.67. The Labute approximate surface area is 148 Å². The van der Waals surface area contributed by atoms with Crippen molar-refractivity contribution in [3.63, 3.8) is 0 Å². The Hall–Kier alpha value is -2.95. The van der Waals surface area contributed by atoms with E-state index in [2.05, 4.69) is 0 Å². The minimum atomic E-state index is -0.929. The van der Waals surface area contributed by atoms with Crippen LogP contribution in [0.25, 0.3) is 6.08 Å². The number of methoxy groups -OCH3 is 3. The molecule has 0 aliphatic carbocycles. The maximum Gasteiger partial charge on any atom is 0.231 e. The summed E-state index contributed by atoms with van der Waals surface area (Å²) in [6.45, 7) is 1.79. The highest BCUT2D eigenvalue weighted by molar-refractivity contribution is 5.89. The van der Waals surface area contributed by atoms with Crippen LogP contribution < -0.4 is 19.9 Å². The van der Waals surface area contributed by atoms with Crippen LogP contribution in [0, 0.1) is 0 Å². The normalized spacial score (nSPS) is 13.3. The van der Waals surface area contributed by atoms with Gasteiger partial charge >= 0.3 is 0 Å². The van der Waals surface area contributed by atoms with Crippen LogP contribution in [0.15, 0.2) is 48.5 Å². The van der Waals surface area contributed by atoms with Gasteiger partial charge in [-0.15, -0.1) is 0 Å². The second kappa shape index (κ2) is 7.75. The fourth-order valence-corrected chi connectivity index (χ4v) is 2.57. The van der Waals surface area contributed by atoms with Gasteiger partial charge in [-0.2, -0.15) is 0 Å². The summed E-state index contributed by atoms with van der Waals surface area (Å²) in [6.07, 6.45) is 3.60. The van der Waals surface area contributed by atoms with Crippen LogP contribution in [0.1, 0.15) is 18.1 Å². The summed E-state index contributed by atoms with van der Waals surface area (Å²) in [4.78, 5) is 12.1. The Morgan fingerprint density at radius 1 is 1.00 bits per heavy atom. The van der Waals surface area contributed by atoms with E-state index in [-0.39, 0.29) is 0 Å². The van der Waals surface area contributed by atoms with Crippen LogP contribution in [0.5, 0.6) is 17.2 Å². The third kappa shape index (κ3) is 3.76. The van der Waals surface area contributed by atoms with E-state index in [0.29, 0.717) is 17.2 Å². The van der Waals surface area contributed by atoms with Crippen molar-refractivity contribution in [3.05, 3.63) is 59.7 Å². The van der Waals surface area contributed by atoms with E-state index in [1.165, 1.54) is 0 Å². The minimum Gasteiger partial charge on any atom is -0.493 e. The molecular formula is C20H23NO4. The van der Waals surface area contributed by atoms with Gasteiger partial charge < -0.3 is 19.9 Å². The van der Waals surface area contributed by atoms with Crippen molar-refractivity contribution in [1.82, 2.24) is 0 Å². The molecule has 5 nitrogen and oxygen atoms in total. The molecule has 0 aliphatic heterocycles. The summed E-state index contributed by atoms with van der Waals surface area (Å²) in [5, 5.41) is 0. The fourth-order valence-electron chi connectivity index (χ4n) is 2.57. The molecule has 1 amide bonds. The molecule has 0 spiro atoms. The summed E-state index contributed by atoms with van der Waals surface area (Å²) >= 11 is 0. The summed E-state index contributed by atoms with van der Waals surface area (Å²) in [6, 6.07) is 13.0. The van der Waals surface area contributed by atoms with Gasteiger partial charge in [0.05, 0.1) is 26.7 Å². The monoisotopic (exact) mass is 341 g/mol. The first-order valence-corrected chi connectivity index (χ1v) is 7.81. The van der Waals surface area contributed by atoms with Gasteiger partial charge in [-0.05, 0) is 30.2 Å². The van der Waals surface area contributed by atoms with Crippen molar-refractivity contribution in [2.45, 2.75) is 12.3 Å². The average molecular weight is 341 g/mol. The Kier molecular flexibility index (Phi) is 5.70. The number of benzene rings is 2. The number of rotatable bonds is 7. The molecule has 2 aromatic rings. The zero-order valence-electron chi connectivity index (χ0n) is 14.9. The lowest BCUT2D eigenvalue weighted by atomic mass is 9.81. The van der Waals surface area contributed by atoms with Gasteiger partial charge in [0, 0.05) is 0 Å². The second-order valence-electron chi connectivity index (χ2n) is 5.72. The second-order valence-corrected chi connectivity index (χ2v) is 5.72. The molecular weight excluding hydrogens is 318 g/mol. The number of nitrogens with two attached hydrogens (primary N) is 1. The van der Waals surface area contributed by atoms with Crippen LogP contribution in [-0.2, 0) is 10.2 Å². The Balaban J connectivity index is 2.47. The third-order valence-corrected chi connectivity index (χ3v) is 4.18. The van der Waals surface area contributed by atoms with Crippen molar-refractivity contribution in [2.75, 3.05) is 21.3 Å². The van der Waals surface area contributed by atoms with Crippen molar-refractivity contribution < 1.29 is 19.0 Å². The predicted molar refractivity (Wildman–Crippen MR) is 98.1 cm³/mol. The average Bonchev–Trinajstić information content (AvgIpc) is 2.65. The topological polar surface area (TPSA) is 70.8 Å². The maximum atomic E-state index is 12.1. The summed E-state index contributed by atoms with van der Waals surface area (Å²) in [5.41, 5.74) is 6.37. The maximum absolute atomic E-state index is 12.1. The summed E-state index contributed by atoms with van der Waals surface area (Å²) < 4.78 is 16.0. The molecule has 0 saturated heterocycles. The molecule has 0 aromatic heterocycles. The molecule has 0 heterocycles. The van der Waals surface area contributed by atoms with Gasteiger partial charge in [0.15, 0.2) is 11.5 Å². The third-order valence-electron chi connectivity index (χ3n) is 4.18. The van der Waals surface area contributed by atoms with E-state index in [0.717, 1.165) is 11.1 Å². The highest BCUT2D eigenvalue weighted by atomic mass is 16.5. The van der Waals surface area contributed by atoms with E-state index in [9.17, 15) is 4.79 Å². The molecule has 1 unspecified atom stereocenters. The highest BCUT2D eigenvalue weighted by Gasteiger charge is 2.30. The summed E-state index contributed by atoms with van der Waals surface area (Å²) in [5.74, 6) is 1.18. The van der Waals surface area contributed by atoms with Gasteiger partial charge in [0.2, 0.25) is 11.7 Å². The first-order chi connectivity index (χ1) is 12.0. The first kappa shape index (κ1) is 18.4. The van der Waals surface area contributed by atoms with Gasteiger partial charge in [0.1, 0.15) is 0 Å². The van der Waals surface area contributed by atoms with Gasteiger partial charge in [0.25, 0.3) is 0 Å². The number of primary amides is 1. The van der Waals surface area contributed by atoms with E-state index in [4.69, 9.17) is 19.9 Å². The molecule has 1 atom stereocenters. The lowest BCUT2D eigenvalue weighted by molar-refractivity contribution is -0.121. The molecule has 25 heavy (non-hydrogen) atoms. The number of carbonyl (C=O) groups excluding carboxylic acids is 1. The first-order valence-electron chi connectivity index (χ1n) is 7.81. The van der Waals surface area contributed by atoms with Gasteiger partial charge in [-0.1, -0.05) is 42.5 Å². The van der Waals surface area contributed by atoms with Crippen LogP contribution in [-0.4, -0.2) is 27.2 Å². The van der Waals surface area contributed by atoms with Crippen LogP contribution in [0.3, 0.4) is 0 Å². The minimum absolute atomic E-state index is 0.428. The lowest BCUT2D eigenvalue weighted by Gasteiger charge is -2.22. The molecule has 2 N–H and O–H groups in total. The Morgan fingerprint density at radius 3 is 2.00 bits per heavy atom. The molecule has 132 valence electrons. The van der Waals surface area contributed by atoms with Crippen molar-refractivity contribution in [1.29, 1.82) is 0 Å². The zero-order chi connectivity index (χ0) is 18.4. The Morgan fingerprint density at radius 2 is 1.56 bits per heavy atom. The molecule has 2 rings (SSSR count). The number of ether oxygens (including phenoxy) is 3. The molecule has 0 aliphatic rings. The molecule has 0 bridgehead atoms. The predicted octanol–water partition coefficient (Wildman–Crippen LogP) is 3.17. The fraction of sp³-hybridized carbons (Fsp3) is 0.250. The van der Waals surface area contributed by atoms with Gasteiger partial charge in [-0.25, -0.2) is 0 Å². The van der Waals surface area contributed by atoms with E-state index in [1.54, 1.807) is 34.3 Å².